The van der Waals surface area contributed by atoms with Crippen LogP contribution in [0.2, 0.25) is 5.02 Å². The quantitative estimate of drug-likeness (QED) is 0.712. The topological polar surface area (TPSA) is 20.2 Å². The zero-order valence-corrected chi connectivity index (χ0v) is 7.93. The molecule has 0 aliphatic heterocycles. The van der Waals surface area contributed by atoms with Gasteiger partial charge in [-0.3, -0.25) is 0 Å². The molecule has 60 valence electrons. The summed E-state index contributed by atoms with van der Waals surface area (Å²) < 4.78 is 0. The molecule has 0 radical (unpaired) electrons. The second kappa shape index (κ2) is 6.55. The van der Waals surface area contributed by atoms with Gasteiger partial charge in [0.15, 0.2) is 0 Å². The average Bonchev–Trinajstić information content (AvgIpc) is 1.80. The Bertz CT molecular complexity index is 230. The van der Waals surface area contributed by atoms with Crippen LogP contribution >= 0.6 is 28.6 Å². The van der Waals surface area contributed by atoms with Gasteiger partial charge in [0.2, 0.25) is 0 Å². The minimum absolute atomic E-state index is 0. The van der Waals surface area contributed by atoms with E-state index in [4.69, 9.17) is 16.7 Å². The number of phenols is 1. The second-order valence-corrected chi connectivity index (χ2v) is 2.34. The molecule has 0 saturated carbocycles. The fraction of sp³-hybridized carbons (Fsp3) is 0.143. The maximum absolute atomic E-state index is 8.88. The van der Waals surface area contributed by atoms with E-state index in [9.17, 15) is 0 Å². The van der Waals surface area contributed by atoms with Crippen molar-refractivity contribution in [2.24, 2.45) is 0 Å². The van der Waals surface area contributed by atoms with Gasteiger partial charge in [-0.15, -0.1) is 17.0 Å². The first kappa shape index (κ1) is 14.6. The summed E-state index contributed by atoms with van der Waals surface area (Å²) in [5, 5.41) is 9.57. The van der Waals surface area contributed by atoms with E-state index >= 15 is 0 Å². The average molecular weight is 266 g/mol. The van der Waals surface area contributed by atoms with Gasteiger partial charge in [0.1, 0.15) is 5.75 Å². The monoisotopic (exact) mass is 264 g/mol. The van der Waals surface area contributed by atoms with E-state index < -0.39 is 0 Å². The third kappa shape index (κ3) is 4.58. The second-order valence-electron chi connectivity index (χ2n) is 1.93. The van der Waals surface area contributed by atoms with Crippen molar-refractivity contribution in [3.63, 3.8) is 0 Å². The molecule has 0 aliphatic rings. The molecular formula is C7H10BrCaClO. The van der Waals surface area contributed by atoms with Crippen LogP contribution in [0.5, 0.6) is 5.75 Å². The number of hydrogen-bond acceptors (Lipinski definition) is 1. The van der Waals surface area contributed by atoms with Gasteiger partial charge in [0, 0.05) is 5.02 Å². The summed E-state index contributed by atoms with van der Waals surface area (Å²) in [7, 11) is 0. The Morgan fingerprint density at radius 2 is 1.91 bits per heavy atom. The van der Waals surface area contributed by atoms with E-state index in [0.717, 1.165) is 5.56 Å². The fourth-order valence-corrected chi connectivity index (χ4v) is 0.746. The van der Waals surface area contributed by atoms with E-state index in [1.807, 2.05) is 6.92 Å². The van der Waals surface area contributed by atoms with Crippen molar-refractivity contribution in [2.45, 2.75) is 6.92 Å². The normalized spacial score (nSPS) is 7.82. The molecule has 1 aromatic rings. The van der Waals surface area contributed by atoms with Crippen LogP contribution < -0.4 is 0 Å². The van der Waals surface area contributed by atoms with Crippen molar-refractivity contribution in [2.75, 3.05) is 0 Å². The predicted octanol–water partition coefficient (Wildman–Crippen LogP) is 2.02. The third-order valence-electron chi connectivity index (χ3n) is 1.14. The molecule has 0 aliphatic carbocycles. The van der Waals surface area contributed by atoms with Gasteiger partial charge < -0.3 is 5.11 Å². The summed E-state index contributed by atoms with van der Waals surface area (Å²) in [5.74, 6) is 0.261. The SMILES string of the molecule is Br.Cc1cc(O)ccc1Cl.[CaH2]. The molecule has 0 heterocycles. The number of aromatic hydroxyl groups is 1. The van der Waals surface area contributed by atoms with Gasteiger partial charge in [-0.05, 0) is 30.7 Å². The maximum atomic E-state index is 8.88. The Kier molecular flexibility index (Phi) is 8.68. The standard InChI is InChI=1S/C7H7ClO.BrH.Ca.2H/c1-5-4-6(9)2-3-7(5)8;;;;/h2-4,9H,1H3;1H;;;. The number of hydrogen-bond donors (Lipinski definition) is 1. The Balaban J connectivity index is 0. The molecule has 0 amide bonds. The Morgan fingerprint density at radius 3 is 2.27 bits per heavy atom. The van der Waals surface area contributed by atoms with Crippen LogP contribution in [0.4, 0.5) is 0 Å². The number of phenolic OH excluding ortho intramolecular Hbond substituents is 1. The van der Waals surface area contributed by atoms with Crippen LogP contribution in [0.15, 0.2) is 18.2 Å². The van der Waals surface area contributed by atoms with Crippen molar-refractivity contribution in [1.82, 2.24) is 0 Å². The van der Waals surface area contributed by atoms with Crippen LogP contribution in [0.25, 0.3) is 0 Å². The van der Waals surface area contributed by atoms with Crippen molar-refractivity contribution in [3.05, 3.63) is 28.8 Å². The van der Waals surface area contributed by atoms with E-state index in [0.29, 0.717) is 5.02 Å². The summed E-state index contributed by atoms with van der Waals surface area (Å²) in [6, 6.07) is 4.86. The number of aryl methyl sites for hydroxylation is 1. The number of rotatable bonds is 0. The van der Waals surface area contributed by atoms with Crippen molar-refractivity contribution in [1.29, 1.82) is 0 Å². The van der Waals surface area contributed by atoms with Crippen molar-refractivity contribution >= 4 is 66.3 Å². The molecule has 0 aromatic heterocycles. The van der Waals surface area contributed by atoms with Crippen molar-refractivity contribution in [3.8, 4) is 5.75 Å². The summed E-state index contributed by atoms with van der Waals surface area (Å²) in [5.41, 5.74) is 0.900. The van der Waals surface area contributed by atoms with Crippen molar-refractivity contribution < 1.29 is 5.11 Å². The Hall–Kier alpha value is 1.05. The van der Waals surface area contributed by atoms with Crippen LogP contribution in [-0.2, 0) is 0 Å². The number of halogens is 2. The van der Waals surface area contributed by atoms with Gasteiger partial charge in [0.25, 0.3) is 0 Å². The minimum atomic E-state index is 0. The van der Waals surface area contributed by atoms with Gasteiger partial charge in [-0.1, -0.05) is 11.6 Å². The molecule has 1 N–H and O–H groups in total. The number of benzene rings is 1. The molecule has 0 bridgehead atoms. The van der Waals surface area contributed by atoms with E-state index in [1.54, 1.807) is 18.2 Å². The summed E-state index contributed by atoms with van der Waals surface area (Å²) in [4.78, 5) is 0. The molecule has 0 saturated heterocycles. The van der Waals surface area contributed by atoms with Crippen LogP contribution in [-0.4, -0.2) is 42.8 Å². The van der Waals surface area contributed by atoms with E-state index in [1.165, 1.54) is 0 Å². The Morgan fingerprint density at radius 1 is 1.36 bits per heavy atom. The first-order chi connectivity index (χ1) is 4.20. The first-order valence-electron chi connectivity index (χ1n) is 2.65. The predicted molar refractivity (Wildman–Crippen MR) is 56.7 cm³/mol. The Labute approximate surface area is 112 Å². The first-order valence-corrected chi connectivity index (χ1v) is 3.03. The van der Waals surface area contributed by atoms with Crippen LogP contribution in [0, 0.1) is 6.92 Å². The summed E-state index contributed by atoms with van der Waals surface area (Å²) >= 11 is 5.67. The summed E-state index contributed by atoms with van der Waals surface area (Å²) in [6.45, 7) is 1.85. The molecule has 0 spiro atoms. The third-order valence-corrected chi connectivity index (χ3v) is 1.57. The van der Waals surface area contributed by atoms with E-state index in [-0.39, 0.29) is 60.5 Å². The molecule has 1 aromatic carbocycles. The van der Waals surface area contributed by atoms with Gasteiger partial charge in [-0.25, -0.2) is 0 Å². The van der Waals surface area contributed by atoms with Crippen LogP contribution in [0.3, 0.4) is 0 Å². The van der Waals surface area contributed by atoms with Gasteiger partial charge in [-0.2, -0.15) is 0 Å². The van der Waals surface area contributed by atoms with E-state index in [2.05, 4.69) is 0 Å². The molecule has 1 rings (SSSR count). The van der Waals surface area contributed by atoms with Gasteiger partial charge >= 0.3 is 37.7 Å². The fourth-order valence-electron chi connectivity index (χ4n) is 0.629. The zero-order chi connectivity index (χ0) is 6.85. The summed E-state index contributed by atoms with van der Waals surface area (Å²) in [6.07, 6.45) is 0. The molecule has 11 heavy (non-hydrogen) atoms. The molecule has 0 fully saturated rings. The molecule has 1 nitrogen and oxygen atoms in total. The molecule has 4 heteroatoms. The molecular weight excluding hydrogens is 256 g/mol. The van der Waals surface area contributed by atoms with Crippen LogP contribution in [0.1, 0.15) is 5.56 Å². The zero-order valence-electron chi connectivity index (χ0n) is 5.47. The molecule has 0 unspecified atom stereocenters. The van der Waals surface area contributed by atoms with Gasteiger partial charge in [0.05, 0.1) is 0 Å². The molecule has 0 atom stereocenters.